The molecule has 52 heavy (non-hydrogen) atoms. The Bertz CT molecular complexity index is 2090. The maximum absolute atomic E-state index is 11.1. The van der Waals surface area contributed by atoms with Gasteiger partial charge in [-0.1, -0.05) is 158 Å². The number of carbonyl (C=O) groups is 1. The van der Waals surface area contributed by atoms with Crippen LogP contribution in [0.2, 0.25) is 0 Å². The van der Waals surface area contributed by atoms with Crippen LogP contribution in [0.5, 0.6) is 0 Å². The Morgan fingerprint density at radius 1 is 0.385 bits per heavy atom. The molecule has 0 aromatic heterocycles. The van der Waals surface area contributed by atoms with Crippen LogP contribution >= 0.6 is 0 Å². The summed E-state index contributed by atoms with van der Waals surface area (Å²) in [4.78, 5) is 13.3. The third kappa shape index (κ3) is 8.24. The smallest absolute Gasteiger partial charge is 0.328 e. The number of rotatable bonds is 11. The Kier molecular flexibility index (Phi) is 10.4. The molecule has 0 saturated heterocycles. The molecule has 250 valence electrons. The van der Waals surface area contributed by atoms with Gasteiger partial charge in [0.2, 0.25) is 0 Å². The van der Waals surface area contributed by atoms with E-state index in [9.17, 15) is 4.79 Å². The number of nitrogens with zero attached hydrogens (tertiary/aromatic N) is 1. The second-order valence-electron chi connectivity index (χ2n) is 12.4. The van der Waals surface area contributed by atoms with Crippen molar-refractivity contribution in [1.29, 1.82) is 0 Å². The monoisotopic (exact) mass is 671 g/mol. The predicted octanol–water partition coefficient (Wildman–Crippen LogP) is 12.4. The van der Waals surface area contributed by atoms with Gasteiger partial charge in [0, 0.05) is 23.1 Å². The Morgan fingerprint density at radius 2 is 0.673 bits per heavy atom. The summed E-state index contributed by atoms with van der Waals surface area (Å²) in [6.45, 7) is 0. The molecule has 0 unspecified atom stereocenters. The highest BCUT2D eigenvalue weighted by Gasteiger charge is 2.14. The van der Waals surface area contributed by atoms with E-state index in [-0.39, 0.29) is 0 Å². The predicted molar refractivity (Wildman–Crippen MR) is 218 cm³/mol. The molecule has 7 aromatic rings. The number of aliphatic carboxylic acids is 1. The van der Waals surface area contributed by atoms with Crippen LogP contribution in [-0.2, 0) is 4.79 Å². The summed E-state index contributed by atoms with van der Waals surface area (Å²) in [5.41, 5.74) is 12.9. The molecule has 0 saturated carbocycles. The largest absolute Gasteiger partial charge is 0.478 e. The maximum Gasteiger partial charge on any atom is 0.328 e. The van der Waals surface area contributed by atoms with Crippen LogP contribution in [0.3, 0.4) is 0 Å². The highest BCUT2D eigenvalue weighted by Crippen LogP contribution is 2.36. The number of carboxylic acid groups (broad SMARTS) is 1. The topological polar surface area (TPSA) is 40.5 Å². The first kappa shape index (κ1) is 33.5. The van der Waals surface area contributed by atoms with Crippen molar-refractivity contribution in [3.63, 3.8) is 0 Å². The molecular weight excluding hydrogens is 635 g/mol. The van der Waals surface area contributed by atoms with E-state index in [0.29, 0.717) is 0 Å². The molecule has 0 aliphatic rings. The molecule has 0 spiro atoms. The first-order valence-corrected chi connectivity index (χ1v) is 17.3. The third-order valence-corrected chi connectivity index (χ3v) is 8.83. The quantitative estimate of drug-likeness (QED) is 0.110. The summed E-state index contributed by atoms with van der Waals surface area (Å²) in [7, 11) is 0. The first-order chi connectivity index (χ1) is 25.6. The molecule has 7 rings (SSSR count). The van der Waals surface area contributed by atoms with Gasteiger partial charge >= 0.3 is 5.97 Å². The van der Waals surface area contributed by atoms with Gasteiger partial charge in [0.15, 0.2) is 0 Å². The van der Waals surface area contributed by atoms with E-state index in [2.05, 4.69) is 163 Å². The van der Waals surface area contributed by atoms with E-state index in [0.717, 1.165) is 73.2 Å². The standard InChI is InChI=1S/C49H37NO2/c51-49(52)34-27-37-21-28-44(29-22-37)50(45-30-23-38(24-31-45)35-47(40-13-5-1-6-14-40)41-15-7-2-8-16-41)46-32-25-39(26-33-46)36-48(42-17-9-3-10-18-42)43-19-11-4-12-20-43/h1-36H,(H,51,52). The van der Waals surface area contributed by atoms with Crippen molar-refractivity contribution in [1.82, 2.24) is 0 Å². The van der Waals surface area contributed by atoms with E-state index >= 15 is 0 Å². The fourth-order valence-corrected chi connectivity index (χ4v) is 6.26. The van der Waals surface area contributed by atoms with Crippen LogP contribution in [0.15, 0.2) is 200 Å². The summed E-state index contributed by atoms with van der Waals surface area (Å²) < 4.78 is 0. The number of anilines is 3. The summed E-state index contributed by atoms with van der Waals surface area (Å²) in [5.74, 6) is -0.973. The molecule has 0 bridgehead atoms. The van der Waals surface area contributed by atoms with Crippen molar-refractivity contribution in [3.8, 4) is 0 Å². The lowest BCUT2D eigenvalue weighted by Crippen LogP contribution is -2.09. The Balaban J connectivity index is 1.26. The highest BCUT2D eigenvalue weighted by atomic mass is 16.4. The van der Waals surface area contributed by atoms with Gasteiger partial charge in [-0.3, -0.25) is 0 Å². The summed E-state index contributed by atoms with van der Waals surface area (Å²) in [6, 6.07) is 67.0. The Hall–Kier alpha value is -6.97. The lowest BCUT2D eigenvalue weighted by molar-refractivity contribution is -0.131. The minimum absolute atomic E-state index is 0.816. The third-order valence-electron chi connectivity index (χ3n) is 8.83. The molecule has 3 heteroatoms. The molecule has 0 aliphatic heterocycles. The van der Waals surface area contributed by atoms with Crippen molar-refractivity contribution in [2.24, 2.45) is 0 Å². The van der Waals surface area contributed by atoms with Gasteiger partial charge in [0.25, 0.3) is 0 Å². The van der Waals surface area contributed by atoms with Gasteiger partial charge in [-0.25, -0.2) is 4.79 Å². The van der Waals surface area contributed by atoms with Gasteiger partial charge in [-0.2, -0.15) is 0 Å². The van der Waals surface area contributed by atoms with Crippen molar-refractivity contribution in [2.75, 3.05) is 4.90 Å². The van der Waals surface area contributed by atoms with Crippen molar-refractivity contribution < 1.29 is 9.90 Å². The molecule has 0 atom stereocenters. The van der Waals surface area contributed by atoms with Crippen LogP contribution in [0.1, 0.15) is 38.9 Å². The van der Waals surface area contributed by atoms with Crippen LogP contribution < -0.4 is 4.90 Å². The van der Waals surface area contributed by atoms with E-state index < -0.39 is 5.97 Å². The highest BCUT2D eigenvalue weighted by molar-refractivity contribution is 5.93. The van der Waals surface area contributed by atoms with E-state index in [1.165, 1.54) is 0 Å². The molecule has 3 nitrogen and oxygen atoms in total. The normalized spacial score (nSPS) is 10.8. The van der Waals surface area contributed by atoms with Crippen molar-refractivity contribution in [3.05, 3.63) is 239 Å². The second-order valence-corrected chi connectivity index (χ2v) is 12.4. The van der Waals surface area contributed by atoms with E-state index in [1.807, 2.05) is 48.5 Å². The van der Waals surface area contributed by atoms with Gasteiger partial charge in [0.05, 0.1) is 0 Å². The van der Waals surface area contributed by atoms with Crippen molar-refractivity contribution >= 4 is 52.4 Å². The molecule has 7 aromatic carbocycles. The fourth-order valence-electron chi connectivity index (χ4n) is 6.26. The zero-order chi connectivity index (χ0) is 35.5. The van der Waals surface area contributed by atoms with Crippen LogP contribution in [0.25, 0.3) is 29.4 Å². The Labute approximate surface area is 305 Å². The van der Waals surface area contributed by atoms with Crippen LogP contribution in [-0.4, -0.2) is 11.1 Å². The number of benzene rings is 7. The minimum atomic E-state index is -0.973. The van der Waals surface area contributed by atoms with Crippen molar-refractivity contribution in [2.45, 2.75) is 0 Å². The molecule has 0 fully saturated rings. The molecule has 0 amide bonds. The summed E-state index contributed by atoms with van der Waals surface area (Å²) in [6.07, 6.45) is 7.23. The lowest BCUT2D eigenvalue weighted by Gasteiger charge is -2.26. The number of hydrogen-bond donors (Lipinski definition) is 1. The zero-order valence-corrected chi connectivity index (χ0v) is 28.6. The summed E-state index contributed by atoms with van der Waals surface area (Å²) in [5, 5.41) is 9.12. The van der Waals surface area contributed by atoms with Gasteiger partial charge in [-0.05, 0) is 105 Å². The molecule has 0 heterocycles. The lowest BCUT2D eigenvalue weighted by atomic mass is 9.95. The number of hydrogen-bond acceptors (Lipinski definition) is 2. The van der Waals surface area contributed by atoms with Crippen LogP contribution in [0.4, 0.5) is 17.1 Å². The second kappa shape index (κ2) is 16.2. The van der Waals surface area contributed by atoms with E-state index in [4.69, 9.17) is 5.11 Å². The van der Waals surface area contributed by atoms with Gasteiger partial charge in [0.1, 0.15) is 0 Å². The van der Waals surface area contributed by atoms with Gasteiger partial charge < -0.3 is 10.0 Å². The number of carboxylic acids is 1. The SMILES string of the molecule is O=C(O)C=Cc1ccc(N(c2ccc(C=C(c3ccccc3)c3ccccc3)cc2)c2ccc(C=C(c3ccccc3)c3ccccc3)cc2)cc1. The van der Waals surface area contributed by atoms with E-state index in [1.54, 1.807) is 6.08 Å². The zero-order valence-electron chi connectivity index (χ0n) is 28.6. The molecular formula is C49H37NO2. The summed E-state index contributed by atoms with van der Waals surface area (Å²) >= 11 is 0. The average Bonchev–Trinajstić information content (AvgIpc) is 3.21. The molecule has 1 N–H and O–H groups in total. The Morgan fingerprint density at radius 3 is 0.962 bits per heavy atom. The fraction of sp³-hybridized carbons (Fsp3) is 0. The average molecular weight is 672 g/mol. The molecule has 0 aliphatic carbocycles. The first-order valence-electron chi connectivity index (χ1n) is 17.3. The molecule has 0 radical (unpaired) electrons. The minimum Gasteiger partial charge on any atom is -0.478 e. The maximum atomic E-state index is 11.1. The van der Waals surface area contributed by atoms with Gasteiger partial charge in [-0.15, -0.1) is 0 Å². The van der Waals surface area contributed by atoms with Crippen LogP contribution in [0, 0.1) is 0 Å².